The molecule has 0 saturated heterocycles. The summed E-state index contributed by atoms with van der Waals surface area (Å²) in [7, 11) is 0. The molecule has 0 aliphatic heterocycles. The summed E-state index contributed by atoms with van der Waals surface area (Å²) in [6, 6.07) is 87.7. The molecule has 0 fully saturated rings. The van der Waals surface area contributed by atoms with Crippen molar-refractivity contribution in [3.63, 3.8) is 0 Å². The fourth-order valence-corrected chi connectivity index (χ4v) is 8.94. The fraction of sp³-hybridized carbons (Fsp3) is 0. The molecule has 0 amide bonds. The Balaban J connectivity index is 0.964. The van der Waals surface area contributed by atoms with Crippen molar-refractivity contribution in [1.82, 2.24) is 4.57 Å². The number of hydrogen-bond donors (Lipinski definition) is 0. The monoisotopic (exact) mass is 764 g/mol. The Labute approximate surface area is 350 Å². The number of hydrogen-bond acceptors (Lipinski definition) is 1. The van der Waals surface area contributed by atoms with Gasteiger partial charge in [-0.3, -0.25) is 0 Å². The predicted molar refractivity (Wildman–Crippen MR) is 255 cm³/mol. The average Bonchev–Trinajstić information content (AvgIpc) is 3.66. The van der Waals surface area contributed by atoms with Crippen LogP contribution in [0.3, 0.4) is 0 Å². The van der Waals surface area contributed by atoms with Gasteiger partial charge < -0.3 is 9.47 Å². The lowest BCUT2D eigenvalue weighted by atomic mass is 9.92. The van der Waals surface area contributed by atoms with Crippen molar-refractivity contribution in [2.75, 3.05) is 4.90 Å². The summed E-state index contributed by atoms with van der Waals surface area (Å²) in [5.41, 5.74) is 16.6. The van der Waals surface area contributed by atoms with Gasteiger partial charge in [0.05, 0.1) is 11.0 Å². The van der Waals surface area contributed by atoms with Crippen LogP contribution in [0.4, 0.5) is 17.1 Å². The minimum absolute atomic E-state index is 1.11. The second kappa shape index (κ2) is 15.1. The van der Waals surface area contributed by atoms with Gasteiger partial charge >= 0.3 is 0 Å². The topological polar surface area (TPSA) is 8.17 Å². The van der Waals surface area contributed by atoms with E-state index in [-0.39, 0.29) is 0 Å². The average molecular weight is 765 g/mol. The minimum Gasteiger partial charge on any atom is -0.311 e. The molecule has 2 nitrogen and oxygen atoms in total. The Kier molecular flexibility index (Phi) is 8.87. The maximum atomic E-state index is 2.41. The lowest BCUT2D eigenvalue weighted by Gasteiger charge is -2.26. The highest BCUT2D eigenvalue weighted by molar-refractivity contribution is 6.12. The van der Waals surface area contributed by atoms with Crippen molar-refractivity contribution < 1.29 is 0 Å². The van der Waals surface area contributed by atoms with E-state index in [2.05, 4.69) is 252 Å². The molecule has 0 spiro atoms. The summed E-state index contributed by atoms with van der Waals surface area (Å²) in [6.45, 7) is 0. The first kappa shape index (κ1) is 35.2. The summed E-state index contributed by atoms with van der Waals surface area (Å²) in [4.78, 5) is 2.33. The molecule has 0 atom stereocenters. The predicted octanol–water partition coefficient (Wildman–Crippen LogP) is 16.1. The van der Waals surface area contributed by atoms with Gasteiger partial charge in [0, 0.05) is 33.5 Å². The van der Waals surface area contributed by atoms with Crippen molar-refractivity contribution >= 4 is 49.6 Å². The Bertz CT molecular complexity index is 3270. The van der Waals surface area contributed by atoms with Crippen molar-refractivity contribution in [2.24, 2.45) is 0 Å². The van der Waals surface area contributed by atoms with Gasteiger partial charge in [-0.1, -0.05) is 176 Å². The number of aromatic nitrogens is 1. The van der Waals surface area contributed by atoms with Crippen LogP contribution in [0.1, 0.15) is 0 Å². The minimum atomic E-state index is 1.11. The Morgan fingerprint density at radius 2 is 0.700 bits per heavy atom. The second-order valence-electron chi connectivity index (χ2n) is 15.3. The van der Waals surface area contributed by atoms with Crippen LogP contribution in [0, 0.1) is 0 Å². The number of para-hydroxylation sites is 2. The molecule has 60 heavy (non-hydrogen) atoms. The van der Waals surface area contributed by atoms with Crippen LogP contribution in [0.5, 0.6) is 0 Å². The molecule has 282 valence electrons. The molecule has 0 N–H and O–H groups in total. The zero-order valence-corrected chi connectivity index (χ0v) is 33.0. The molecular weight excluding hydrogens is 725 g/mol. The molecule has 0 radical (unpaired) electrons. The largest absolute Gasteiger partial charge is 0.311 e. The lowest BCUT2D eigenvalue weighted by molar-refractivity contribution is 1.18. The van der Waals surface area contributed by atoms with Gasteiger partial charge in [-0.15, -0.1) is 0 Å². The van der Waals surface area contributed by atoms with Crippen LogP contribution in [0.25, 0.3) is 82.8 Å². The van der Waals surface area contributed by atoms with E-state index in [0.29, 0.717) is 0 Å². The van der Waals surface area contributed by atoms with Crippen LogP contribution in [-0.4, -0.2) is 4.57 Å². The van der Waals surface area contributed by atoms with E-state index in [4.69, 9.17) is 0 Å². The maximum Gasteiger partial charge on any atom is 0.0541 e. The van der Waals surface area contributed by atoms with E-state index in [1.807, 2.05) is 0 Å². The normalized spacial score (nSPS) is 11.3. The van der Waals surface area contributed by atoms with Gasteiger partial charge in [-0.05, 0) is 122 Å². The number of anilines is 3. The SMILES string of the molecule is c1ccc(-c2ccc(N(c3ccccc3)c3ccc(-c4cccc5c(-c6ccc7c(c6)c6ccccc6n7-c6cccc(-c7ccccc7)c6)cccc45)cc3)cc2)cc1. The molecule has 0 aliphatic rings. The fourth-order valence-electron chi connectivity index (χ4n) is 8.94. The van der Waals surface area contributed by atoms with E-state index >= 15 is 0 Å². The van der Waals surface area contributed by atoms with Crippen LogP contribution < -0.4 is 4.90 Å². The van der Waals surface area contributed by atoms with Crippen LogP contribution in [-0.2, 0) is 0 Å². The van der Waals surface area contributed by atoms with E-state index in [1.165, 1.54) is 77.1 Å². The van der Waals surface area contributed by atoms with Gasteiger partial charge in [0.15, 0.2) is 0 Å². The van der Waals surface area contributed by atoms with Crippen molar-refractivity contribution in [3.8, 4) is 50.2 Å². The van der Waals surface area contributed by atoms with Crippen molar-refractivity contribution in [3.05, 3.63) is 243 Å². The molecule has 1 heterocycles. The van der Waals surface area contributed by atoms with Crippen LogP contribution in [0.15, 0.2) is 243 Å². The molecule has 11 rings (SSSR count). The quantitative estimate of drug-likeness (QED) is 0.150. The van der Waals surface area contributed by atoms with Gasteiger partial charge in [0.1, 0.15) is 0 Å². The molecule has 10 aromatic carbocycles. The molecular formula is C58H40N2. The van der Waals surface area contributed by atoms with Gasteiger partial charge in [0.2, 0.25) is 0 Å². The molecule has 2 heteroatoms. The van der Waals surface area contributed by atoms with Crippen LogP contribution in [0.2, 0.25) is 0 Å². The van der Waals surface area contributed by atoms with E-state index in [9.17, 15) is 0 Å². The summed E-state index contributed by atoms with van der Waals surface area (Å²) >= 11 is 0. The van der Waals surface area contributed by atoms with Gasteiger partial charge in [-0.25, -0.2) is 0 Å². The Hall–Kier alpha value is -7.94. The third-order valence-electron chi connectivity index (χ3n) is 11.8. The zero-order valence-electron chi connectivity index (χ0n) is 33.0. The first-order valence-corrected chi connectivity index (χ1v) is 20.6. The van der Waals surface area contributed by atoms with Gasteiger partial charge in [0.25, 0.3) is 0 Å². The first-order valence-electron chi connectivity index (χ1n) is 20.6. The molecule has 11 aromatic rings. The zero-order chi connectivity index (χ0) is 39.8. The van der Waals surface area contributed by atoms with Gasteiger partial charge in [-0.2, -0.15) is 0 Å². The third-order valence-corrected chi connectivity index (χ3v) is 11.8. The molecule has 0 saturated carbocycles. The van der Waals surface area contributed by atoms with E-state index in [1.54, 1.807) is 0 Å². The number of benzene rings is 10. The highest BCUT2D eigenvalue weighted by atomic mass is 15.1. The molecule has 1 aromatic heterocycles. The summed E-state index contributed by atoms with van der Waals surface area (Å²) in [5.74, 6) is 0. The van der Waals surface area contributed by atoms with E-state index < -0.39 is 0 Å². The number of nitrogens with zero attached hydrogens (tertiary/aromatic N) is 2. The third kappa shape index (κ3) is 6.32. The smallest absolute Gasteiger partial charge is 0.0541 e. The standard InChI is InChI=1S/C58H40N2/c1-4-15-41(16-5-1)43-29-34-48(35-30-43)59(47-20-8-3-9-21-47)49-36-31-44(32-37-49)51-24-13-27-54-52(25-14-26-53(51)54)46-33-38-58-56(40-46)55-23-10-11-28-57(55)60(58)50-22-12-19-45(39-50)42-17-6-2-7-18-42/h1-40H. The Morgan fingerprint density at radius 3 is 1.37 bits per heavy atom. The first-order chi connectivity index (χ1) is 29.8. The highest BCUT2D eigenvalue weighted by Crippen LogP contribution is 2.41. The molecule has 0 aliphatic carbocycles. The summed E-state index contributed by atoms with van der Waals surface area (Å²) < 4.78 is 2.41. The highest BCUT2D eigenvalue weighted by Gasteiger charge is 2.17. The van der Waals surface area contributed by atoms with Crippen LogP contribution >= 0.6 is 0 Å². The van der Waals surface area contributed by atoms with Crippen molar-refractivity contribution in [2.45, 2.75) is 0 Å². The second-order valence-corrected chi connectivity index (χ2v) is 15.3. The lowest BCUT2D eigenvalue weighted by Crippen LogP contribution is -2.09. The maximum absolute atomic E-state index is 2.41. The Morgan fingerprint density at radius 1 is 0.250 bits per heavy atom. The summed E-state index contributed by atoms with van der Waals surface area (Å²) in [6.07, 6.45) is 0. The number of rotatable bonds is 8. The van der Waals surface area contributed by atoms with Crippen molar-refractivity contribution in [1.29, 1.82) is 0 Å². The number of fused-ring (bicyclic) bond motifs is 4. The molecule has 0 bridgehead atoms. The summed E-state index contributed by atoms with van der Waals surface area (Å²) in [5, 5.41) is 4.97. The molecule has 0 unspecified atom stereocenters. The van der Waals surface area contributed by atoms with E-state index in [0.717, 1.165) is 22.7 Å².